The number of rotatable bonds is 6. The number of aromatic nitrogens is 2. The summed E-state index contributed by atoms with van der Waals surface area (Å²) in [5.74, 6) is 3.48. The fourth-order valence-electron chi connectivity index (χ4n) is 3.45. The number of nitrogens with one attached hydrogen (secondary N) is 1. The maximum Gasteiger partial charge on any atom is 0.251 e. The predicted octanol–water partition coefficient (Wildman–Crippen LogP) is 2.89. The van der Waals surface area contributed by atoms with Crippen LogP contribution in [-0.4, -0.2) is 46.6 Å². The van der Waals surface area contributed by atoms with E-state index in [2.05, 4.69) is 20.2 Å². The highest BCUT2D eigenvalue weighted by Gasteiger charge is 2.19. The third kappa shape index (κ3) is 4.53. The maximum atomic E-state index is 12.6. The van der Waals surface area contributed by atoms with Crippen LogP contribution in [-0.2, 0) is 6.54 Å². The zero-order valence-electron chi connectivity index (χ0n) is 15.3. The quantitative estimate of drug-likeness (QED) is 0.826. The molecule has 0 spiro atoms. The van der Waals surface area contributed by atoms with Gasteiger partial charge in [-0.15, -0.1) is 0 Å². The van der Waals surface area contributed by atoms with E-state index in [1.807, 2.05) is 30.1 Å². The Morgan fingerprint density at radius 2 is 2.15 bits per heavy atom. The van der Waals surface area contributed by atoms with Crippen molar-refractivity contribution in [2.45, 2.75) is 31.9 Å². The Kier molecular flexibility index (Phi) is 5.77. The molecular weight excluding hydrogens is 360 g/mol. The minimum absolute atomic E-state index is 0.126. The molecule has 1 N–H and O–H groups in total. The van der Waals surface area contributed by atoms with Crippen molar-refractivity contribution in [2.24, 2.45) is 0 Å². The second kappa shape index (κ2) is 8.61. The van der Waals surface area contributed by atoms with E-state index in [0.29, 0.717) is 18.0 Å². The number of amides is 1. The highest BCUT2D eigenvalue weighted by Crippen LogP contribution is 2.23. The summed E-state index contributed by atoms with van der Waals surface area (Å²) in [5, 5.41) is 3.01. The van der Waals surface area contributed by atoms with Crippen molar-refractivity contribution in [3.63, 3.8) is 0 Å². The van der Waals surface area contributed by atoms with Crippen LogP contribution in [0.1, 0.15) is 35.2 Å². The molecule has 4 heterocycles. The number of hydrogen-bond donors (Lipinski definition) is 1. The summed E-state index contributed by atoms with van der Waals surface area (Å²) in [7, 11) is 0. The molecule has 4 rings (SSSR count). The molecule has 1 amide bonds. The lowest BCUT2D eigenvalue weighted by Gasteiger charge is -2.20. The molecule has 0 unspecified atom stereocenters. The predicted molar refractivity (Wildman–Crippen MR) is 107 cm³/mol. The van der Waals surface area contributed by atoms with Crippen molar-refractivity contribution in [1.29, 1.82) is 0 Å². The van der Waals surface area contributed by atoms with Crippen LogP contribution in [0, 0.1) is 0 Å². The number of anilines is 1. The van der Waals surface area contributed by atoms with Gasteiger partial charge in [0, 0.05) is 55.0 Å². The second-order valence-electron chi connectivity index (χ2n) is 6.85. The summed E-state index contributed by atoms with van der Waals surface area (Å²) in [4.78, 5) is 23.7. The van der Waals surface area contributed by atoms with Gasteiger partial charge in [-0.05, 0) is 37.1 Å². The van der Waals surface area contributed by atoms with Crippen LogP contribution in [0.15, 0.2) is 36.7 Å². The minimum Gasteiger partial charge on any atom is -0.473 e. The first-order chi connectivity index (χ1) is 13.3. The van der Waals surface area contributed by atoms with Crippen molar-refractivity contribution in [2.75, 3.05) is 29.5 Å². The average Bonchev–Trinajstić information content (AvgIpc) is 3.41. The molecule has 0 saturated carbocycles. The van der Waals surface area contributed by atoms with Crippen molar-refractivity contribution >= 4 is 23.5 Å². The van der Waals surface area contributed by atoms with E-state index in [9.17, 15) is 4.79 Å². The van der Waals surface area contributed by atoms with Crippen LogP contribution in [0.3, 0.4) is 0 Å². The zero-order valence-corrected chi connectivity index (χ0v) is 16.1. The Hall–Kier alpha value is -2.28. The lowest BCUT2D eigenvalue weighted by molar-refractivity contribution is 0.0950. The van der Waals surface area contributed by atoms with Gasteiger partial charge in [-0.3, -0.25) is 4.79 Å². The van der Waals surface area contributed by atoms with Gasteiger partial charge in [-0.25, -0.2) is 9.97 Å². The first kappa shape index (κ1) is 18.1. The Bertz CT molecular complexity index is 789. The summed E-state index contributed by atoms with van der Waals surface area (Å²) >= 11 is 1.89. The highest BCUT2D eigenvalue weighted by molar-refractivity contribution is 7.99. The molecule has 2 aromatic rings. The van der Waals surface area contributed by atoms with Crippen LogP contribution >= 0.6 is 11.8 Å². The van der Waals surface area contributed by atoms with Gasteiger partial charge >= 0.3 is 0 Å². The van der Waals surface area contributed by atoms with E-state index in [4.69, 9.17) is 4.74 Å². The zero-order chi connectivity index (χ0) is 18.5. The molecule has 2 aliphatic rings. The van der Waals surface area contributed by atoms with Gasteiger partial charge in [-0.2, -0.15) is 11.8 Å². The van der Waals surface area contributed by atoms with E-state index < -0.39 is 0 Å². The Morgan fingerprint density at radius 3 is 2.96 bits per heavy atom. The number of nitrogens with zero attached hydrogens (tertiary/aromatic N) is 3. The molecule has 2 saturated heterocycles. The van der Waals surface area contributed by atoms with Gasteiger partial charge < -0.3 is 15.0 Å². The van der Waals surface area contributed by atoms with Crippen molar-refractivity contribution < 1.29 is 9.53 Å². The minimum atomic E-state index is -0.126. The van der Waals surface area contributed by atoms with Gasteiger partial charge in [0.2, 0.25) is 5.88 Å². The molecule has 0 aromatic carbocycles. The standard InChI is InChI=1S/C20H24N4O2S/c25-20(15-5-8-21-18(12-15)26-17-6-11-27-14-17)23-13-16-4-3-7-22-19(16)24-9-1-2-10-24/h3-5,7-8,12,17H,1-2,6,9-11,13-14H2,(H,23,25)/t17-/m0/s1. The normalized spacial score (nSPS) is 19.3. The SMILES string of the molecule is O=C(NCc1cccnc1N1CCCC1)c1ccnc(O[C@H]2CCSC2)c1. The summed E-state index contributed by atoms with van der Waals surface area (Å²) in [5.41, 5.74) is 1.61. The van der Waals surface area contributed by atoms with E-state index in [1.165, 1.54) is 12.8 Å². The largest absolute Gasteiger partial charge is 0.473 e. The van der Waals surface area contributed by atoms with Crippen LogP contribution in [0.2, 0.25) is 0 Å². The van der Waals surface area contributed by atoms with Crippen LogP contribution < -0.4 is 15.0 Å². The summed E-state index contributed by atoms with van der Waals surface area (Å²) < 4.78 is 5.89. The average molecular weight is 385 g/mol. The topological polar surface area (TPSA) is 67.4 Å². The first-order valence-corrected chi connectivity index (χ1v) is 10.6. The van der Waals surface area contributed by atoms with E-state index in [-0.39, 0.29) is 12.0 Å². The Balaban J connectivity index is 1.39. The molecule has 0 aliphatic carbocycles. The number of ether oxygens (including phenoxy) is 1. The number of pyridine rings is 2. The molecule has 6 nitrogen and oxygen atoms in total. The monoisotopic (exact) mass is 384 g/mol. The summed E-state index contributed by atoms with van der Waals surface area (Å²) in [6, 6.07) is 7.39. The van der Waals surface area contributed by atoms with Crippen LogP contribution in [0.25, 0.3) is 0 Å². The number of thioether (sulfide) groups is 1. The Labute approximate surface area is 163 Å². The molecule has 0 radical (unpaired) electrons. The molecule has 7 heteroatoms. The van der Waals surface area contributed by atoms with Gasteiger partial charge in [0.1, 0.15) is 11.9 Å². The van der Waals surface area contributed by atoms with E-state index >= 15 is 0 Å². The summed E-state index contributed by atoms with van der Waals surface area (Å²) in [6.45, 7) is 2.52. The second-order valence-corrected chi connectivity index (χ2v) is 8.00. The maximum absolute atomic E-state index is 12.6. The number of carbonyl (C=O) groups excluding carboxylic acids is 1. The van der Waals surface area contributed by atoms with Gasteiger partial charge in [0.15, 0.2) is 0 Å². The molecular formula is C20H24N4O2S. The Morgan fingerprint density at radius 1 is 1.26 bits per heavy atom. The van der Waals surface area contributed by atoms with Crippen molar-refractivity contribution in [3.8, 4) is 5.88 Å². The smallest absolute Gasteiger partial charge is 0.251 e. The third-order valence-electron chi connectivity index (χ3n) is 4.88. The van der Waals surface area contributed by atoms with E-state index in [0.717, 1.165) is 42.4 Å². The molecule has 142 valence electrons. The fraction of sp³-hybridized carbons (Fsp3) is 0.450. The first-order valence-electron chi connectivity index (χ1n) is 9.47. The molecule has 27 heavy (non-hydrogen) atoms. The van der Waals surface area contributed by atoms with E-state index in [1.54, 1.807) is 18.3 Å². The number of hydrogen-bond acceptors (Lipinski definition) is 6. The molecule has 0 bridgehead atoms. The molecule has 2 fully saturated rings. The van der Waals surface area contributed by atoms with Gasteiger partial charge in [-0.1, -0.05) is 6.07 Å². The van der Waals surface area contributed by atoms with Crippen LogP contribution in [0.4, 0.5) is 5.82 Å². The third-order valence-corrected chi connectivity index (χ3v) is 6.02. The fourth-order valence-corrected chi connectivity index (χ4v) is 4.55. The summed E-state index contributed by atoms with van der Waals surface area (Å²) in [6.07, 6.45) is 7.06. The van der Waals surface area contributed by atoms with Gasteiger partial charge in [0.05, 0.1) is 0 Å². The lowest BCUT2D eigenvalue weighted by atomic mass is 10.2. The number of carbonyl (C=O) groups is 1. The highest BCUT2D eigenvalue weighted by atomic mass is 32.2. The molecule has 1 atom stereocenters. The molecule has 2 aromatic heterocycles. The lowest BCUT2D eigenvalue weighted by Crippen LogP contribution is -2.26. The van der Waals surface area contributed by atoms with Crippen molar-refractivity contribution in [1.82, 2.24) is 15.3 Å². The molecule has 2 aliphatic heterocycles. The van der Waals surface area contributed by atoms with Crippen LogP contribution in [0.5, 0.6) is 5.88 Å². The van der Waals surface area contributed by atoms with Crippen molar-refractivity contribution in [3.05, 3.63) is 47.8 Å². The van der Waals surface area contributed by atoms with Gasteiger partial charge in [0.25, 0.3) is 5.91 Å².